The highest BCUT2D eigenvalue weighted by atomic mass is 32.1. The SMILES string of the molecule is CN(CCCCc1csc(N=C(N)NC(=O)c2ccccc2)n1)C(N)=NC#N. The smallest absolute Gasteiger partial charge is 0.257 e. The van der Waals surface area contributed by atoms with Crippen molar-refractivity contribution in [2.75, 3.05) is 13.6 Å². The minimum Gasteiger partial charge on any atom is -0.369 e. The number of benzene rings is 1. The van der Waals surface area contributed by atoms with Crippen molar-refractivity contribution in [1.29, 1.82) is 5.26 Å². The molecule has 0 spiro atoms. The summed E-state index contributed by atoms with van der Waals surface area (Å²) in [4.78, 5) is 25.8. The van der Waals surface area contributed by atoms with Gasteiger partial charge in [0.15, 0.2) is 0 Å². The molecule has 0 radical (unpaired) electrons. The van der Waals surface area contributed by atoms with Gasteiger partial charge in [-0.25, -0.2) is 4.98 Å². The molecule has 1 aromatic carbocycles. The molecule has 0 unspecified atom stereocenters. The molecule has 0 aliphatic heterocycles. The third-order valence-corrected chi connectivity index (χ3v) is 4.55. The zero-order valence-electron chi connectivity index (χ0n) is 15.5. The first-order valence-electron chi connectivity index (χ1n) is 8.58. The second-order valence-electron chi connectivity index (χ2n) is 5.89. The molecule has 0 saturated carbocycles. The largest absolute Gasteiger partial charge is 0.369 e. The Balaban J connectivity index is 1.80. The van der Waals surface area contributed by atoms with Crippen LogP contribution < -0.4 is 16.8 Å². The van der Waals surface area contributed by atoms with Crippen LogP contribution in [0, 0.1) is 11.5 Å². The number of aryl methyl sites for hydroxylation is 1. The number of hydrogen-bond acceptors (Lipinski definition) is 6. The van der Waals surface area contributed by atoms with E-state index in [9.17, 15) is 4.79 Å². The third-order valence-electron chi connectivity index (χ3n) is 3.77. The van der Waals surface area contributed by atoms with Crippen LogP contribution in [0.3, 0.4) is 0 Å². The van der Waals surface area contributed by atoms with E-state index in [-0.39, 0.29) is 17.8 Å². The molecule has 0 atom stereocenters. The molecule has 28 heavy (non-hydrogen) atoms. The van der Waals surface area contributed by atoms with Gasteiger partial charge >= 0.3 is 0 Å². The first kappa shape index (κ1) is 20.9. The van der Waals surface area contributed by atoms with E-state index in [0.29, 0.717) is 17.2 Å². The Morgan fingerprint density at radius 3 is 2.79 bits per heavy atom. The maximum absolute atomic E-state index is 12.0. The van der Waals surface area contributed by atoms with Gasteiger partial charge in [0.2, 0.25) is 23.2 Å². The van der Waals surface area contributed by atoms with Crippen molar-refractivity contribution < 1.29 is 4.79 Å². The Hall–Kier alpha value is -3.45. The minimum atomic E-state index is -0.318. The number of unbranched alkanes of at least 4 members (excludes halogenated alkanes) is 1. The van der Waals surface area contributed by atoms with Gasteiger partial charge in [0.25, 0.3) is 5.91 Å². The Morgan fingerprint density at radius 1 is 1.32 bits per heavy atom. The number of carbonyl (C=O) groups excluding carboxylic acids is 1. The summed E-state index contributed by atoms with van der Waals surface area (Å²) in [6.07, 6.45) is 4.23. The van der Waals surface area contributed by atoms with Gasteiger partial charge in [-0.1, -0.05) is 18.2 Å². The molecule has 0 saturated heterocycles. The molecule has 0 aliphatic rings. The normalized spacial score (nSPS) is 11.7. The van der Waals surface area contributed by atoms with Crippen LogP contribution in [-0.4, -0.2) is 41.3 Å². The standard InChI is InChI=1S/C18H22N8OS/c1-26(17(21)22-12-19)10-6-5-9-14-11-28-18(23-14)25-16(20)24-15(27)13-7-3-2-4-8-13/h2-4,7-8,11H,5-6,9-10H2,1H3,(H2,21,22)(H3,20,23,24,25,27). The van der Waals surface area contributed by atoms with Crippen LogP contribution in [0.5, 0.6) is 0 Å². The van der Waals surface area contributed by atoms with Gasteiger partial charge in [0, 0.05) is 24.5 Å². The van der Waals surface area contributed by atoms with Crippen LogP contribution in [-0.2, 0) is 6.42 Å². The summed E-state index contributed by atoms with van der Waals surface area (Å²) in [7, 11) is 1.79. The lowest BCUT2D eigenvalue weighted by Gasteiger charge is -2.16. The van der Waals surface area contributed by atoms with Crippen molar-refractivity contribution >= 4 is 34.3 Å². The van der Waals surface area contributed by atoms with E-state index >= 15 is 0 Å². The maximum atomic E-state index is 12.0. The number of aromatic nitrogens is 1. The van der Waals surface area contributed by atoms with Crippen molar-refractivity contribution in [3.63, 3.8) is 0 Å². The third kappa shape index (κ3) is 6.69. The number of amides is 1. The van der Waals surface area contributed by atoms with Crippen LogP contribution in [0.1, 0.15) is 28.9 Å². The predicted octanol–water partition coefficient (Wildman–Crippen LogP) is 1.57. The summed E-state index contributed by atoms with van der Waals surface area (Å²) < 4.78 is 0. The van der Waals surface area contributed by atoms with Crippen molar-refractivity contribution in [3.8, 4) is 6.19 Å². The number of hydrogen-bond donors (Lipinski definition) is 3. The van der Waals surface area contributed by atoms with Crippen molar-refractivity contribution in [2.24, 2.45) is 21.5 Å². The number of nitriles is 1. The monoisotopic (exact) mass is 398 g/mol. The molecular formula is C18H22N8OS. The molecule has 0 bridgehead atoms. The highest BCUT2D eigenvalue weighted by molar-refractivity contribution is 7.13. The molecule has 0 fully saturated rings. The van der Waals surface area contributed by atoms with Gasteiger partial charge in [-0.15, -0.1) is 16.3 Å². The van der Waals surface area contributed by atoms with E-state index in [2.05, 4.69) is 20.3 Å². The lowest BCUT2D eigenvalue weighted by molar-refractivity contribution is 0.0976. The molecule has 1 amide bonds. The summed E-state index contributed by atoms with van der Waals surface area (Å²) in [5.74, 6) is -0.105. The number of carbonyl (C=O) groups is 1. The van der Waals surface area contributed by atoms with E-state index in [1.54, 1.807) is 42.4 Å². The number of aliphatic imine (C=N–C) groups is 2. The lowest BCUT2D eigenvalue weighted by Crippen LogP contribution is -2.36. The van der Waals surface area contributed by atoms with E-state index in [1.807, 2.05) is 11.4 Å². The second-order valence-corrected chi connectivity index (χ2v) is 6.72. The molecule has 0 aliphatic carbocycles. The summed E-state index contributed by atoms with van der Waals surface area (Å²) in [5, 5.41) is 13.4. The fraction of sp³-hybridized carbons (Fsp3) is 0.278. The molecular weight excluding hydrogens is 376 g/mol. The number of nitrogens with zero attached hydrogens (tertiary/aromatic N) is 5. The van der Waals surface area contributed by atoms with E-state index in [1.165, 1.54) is 11.3 Å². The summed E-state index contributed by atoms with van der Waals surface area (Å²) in [6.45, 7) is 0.699. The number of rotatable bonds is 7. The highest BCUT2D eigenvalue weighted by Crippen LogP contribution is 2.19. The van der Waals surface area contributed by atoms with Crippen LogP contribution in [0.2, 0.25) is 0 Å². The topological polar surface area (TPSA) is 146 Å². The minimum absolute atomic E-state index is 0.00336. The van der Waals surface area contributed by atoms with E-state index in [4.69, 9.17) is 16.7 Å². The first-order valence-corrected chi connectivity index (χ1v) is 9.46. The quantitative estimate of drug-likeness (QED) is 0.279. The Kier molecular flexibility index (Phi) is 7.92. The average molecular weight is 398 g/mol. The van der Waals surface area contributed by atoms with Crippen LogP contribution in [0.4, 0.5) is 5.13 Å². The second kappa shape index (κ2) is 10.6. The number of thiazole rings is 1. The molecule has 10 heteroatoms. The molecule has 2 aromatic rings. The molecule has 5 N–H and O–H groups in total. The first-order chi connectivity index (χ1) is 13.5. The van der Waals surface area contributed by atoms with E-state index in [0.717, 1.165) is 25.0 Å². The Bertz CT molecular complexity index is 884. The van der Waals surface area contributed by atoms with Crippen molar-refractivity contribution in [3.05, 3.63) is 47.0 Å². The Labute approximate surface area is 167 Å². The number of nitrogens with two attached hydrogens (primary N) is 2. The molecule has 9 nitrogen and oxygen atoms in total. The summed E-state index contributed by atoms with van der Waals surface area (Å²) >= 11 is 1.36. The fourth-order valence-corrected chi connectivity index (χ4v) is 3.01. The van der Waals surface area contributed by atoms with Gasteiger partial charge in [0.05, 0.1) is 5.69 Å². The maximum Gasteiger partial charge on any atom is 0.257 e. The van der Waals surface area contributed by atoms with E-state index < -0.39 is 0 Å². The molecule has 1 aromatic heterocycles. The highest BCUT2D eigenvalue weighted by Gasteiger charge is 2.08. The number of guanidine groups is 2. The number of nitrogens with one attached hydrogen (secondary N) is 1. The predicted molar refractivity (Wildman–Crippen MR) is 110 cm³/mol. The van der Waals surface area contributed by atoms with Gasteiger partial charge in [0.1, 0.15) is 0 Å². The zero-order chi connectivity index (χ0) is 20.4. The fourth-order valence-electron chi connectivity index (χ4n) is 2.28. The van der Waals surface area contributed by atoms with Gasteiger partial charge in [-0.05, 0) is 31.4 Å². The van der Waals surface area contributed by atoms with Gasteiger partial charge in [-0.2, -0.15) is 10.3 Å². The van der Waals surface area contributed by atoms with Gasteiger partial charge < -0.3 is 16.4 Å². The zero-order valence-corrected chi connectivity index (χ0v) is 16.3. The van der Waals surface area contributed by atoms with Gasteiger partial charge in [-0.3, -0.25) is 10.1 Å². The van der Waals surface area contributed by atoms with Crippen molar-refractivity contribution in [2.45, 2.75) is 19.3 Å². The Morgan fingerprint density at radius 2 is 2.07 bits per heavy atom. The molecule has 1 heterocycles. The van der Waals surface area contributed by atoms with Crippen LogP contribution in [0.15, 0.2) is 45.7 Å². The molecule has 2 rings (SSSR count). The van der Waals surface area contributed by atoms with Crippen LogP contribution in [0.25, 0.3) is 0 Å². The average Bonchev–Trinajstić information content (AvgIpc) is 3.12. The van der Waals surface area contributed by atoms with Crippen molar-refractivity contribution in [1.82, 2.24) is 15.2 Å². The summed E-state index contributed by atoms with van der Waals surface area (Å²) in [6, 6.07) is 8.77. The molecule has 146 valence electrons. The summed E-state index contributed by atoms with van der Waals surface area (Å²) in [5.41, 5.74) is 12.8. The van der Waals surface area contributed by atoms with Crippen LogP contribution >= 0.6 is 11.3 Å². The lowest BCUT2D eigenvalue weighted by atomic mass is 10.2.